The van der Waals surface area contributed by atoms with Crippen molar-refractivity contribution in [3.05, 3.63) is 95.3 Å². The smallest absolute Gasteiger partial charge is 0.296 e. The molecule has 1 N–H and O–H groups in total. The quantitative estimate of drug-likeness (QED) is 0.335. The number of carbonyl (C=O) groups excluding carboxylic acids is 2. The first kappa shape index (κ1) is 22.1. The number of benzene rings is 2. The largest absolute Gasteiger partial charge is 0.507 e. The number of aliphatic hydroxyl groups is 1. The maximum absolute atomic E-state index is 13.1. The molecule has 0 aliphatic carbocycles. The molecule has 7 nitrogen and oxygen atoms in total. The molecular weight excluding hydrogens is 420 g/mol. The van der Waals surface area contributed by atoms with Crippen LogP contribution in [0.25, 0.3) is 5.76 Å². The Balaban J connectivity index is 1.79. The predicted molar refractivity (Wildman–Crippen MR) is 123 cm³/mol. The van der Waals surface area contributed by atoms with Gasteiger partial charge in [0.05, 0.1) is 25.0 Å². The Labute approximate surface area is 191 Å². The van der Waals surface area contributed by atoms with E-state index in [0.717, 1.165) is 5.56 Å². The zero-order valence-electron chi connectivity index (χ0n) is 18.4. The van der Waals surface area contributed by atoms with Crippen molar-refractivity contribution in [3.8, 4) is 11.5 Å². The van der Waals surface area contributed by atoms with Crippen LogP contribution in [0.5, 0.6) is 11.5 Å². The molecule has 1 unspecified atom stereocenters. The Kier molecular flexibility index (Phi) is 6.40. The van der Waals surface area contributed by atoms with Crippen LogP contribution in [0.15, 0.2) is 78.5 Å². The monoisotopic (exact) mass is 444 g/mol. The van der Waals surface area contributed by atoms with Gasteiger partial charge in [-0.05, 0) is 61.0 Å². The Morgan fingerprint density at radius 2 is 1.82 bits per heavy atom. The first-order valence-corrected chi connectivity index (χ1v) is 10.6. The van der Waals surface area contributed by atoms with Crippen LogP contribution < -0.4 is 9.47 Å². The summed E-state index contributed by atoms with van der Waals surface area (Å²) in [5, 5.41) is 11.1. The molecule has 4 rings (SSSR count). The molecule has 0 spiro atoms. The Morgan fingerprint density at radius 3 is 2.48 bits per heavy atom. The highest BCUT2D eigenvalue weighted by atomic mass is 16.5. The molecule has 168 valence electrons. The average Bonchev–Trinajstić information content (AvgIpc) is 3.10. The number of carbonyl (C=O) groups is 2. The molecular formula is C26H24N2O5. The highest BCUT2D eigenvalue weighted by Crippen LogP contribution is 2.39. The number of Topliss-reactive ketones (excluding diaryl/α,β-unsaturated/α-hetero) is 1. The maximum Gasteiger partial charge on any atom is 0.296 e. The van der Waals surface area contributed by atoms with Crippen molar-refractivity contribution in [2.45, 2.75) is 19.5 Å². The van der Waals surface area contributed by atoms with Gasteiger partial charge in [-0.2, -0.15) is 0 Å². The van der Waals surface area contributed by atoms with Gasteiger partial charge in [0.1, 0.15) is 23.3 Å². The molecule has 1 aliphatic heterocycles. The number of nitrogens with zero attached hydrogens (tertiary/aromatic N) is 2. The fraction of sp³-hybridized carbons (Fsp3) is 0.192. The van der Waals surface area contributed by atoms with Crippen LogP contribution in [0.4, 0.5) is 0 Å². The third-order valence-corrected chi connectivity index (χ3v) is 5.43. The van der Waals surface area contributed by atoms with E-state index in [9.17, 15) is 14.7 Å². The van der Waals surface area contributed by atoms with Gasteiger partial charge >= 0.3 is 0 Å². The third-order valence-electron chi connectivity index (χ3n) is 5.43. The first-order chi connectivity index (χ1) is 16.0. The topological polar surface area (TPSA) is 89.0 Å². The summed E-state index contributed by atoms with van der Waals surface area (Å²) < 4.78 is 10.7. The van der Waals surface area contributed by atoms with Crippen molar-refractivity contribution in [1.29, 1.82) is 0 Å². The first-order valence-electron chi connectivity index (χ1n) is 10.6. The number of aliphatic hydroxyl groups excluding tert-OH is 1. The van der Waals surface area contributed by atoms with Gasteiger partial charge in [-0.25, -0.2) is 0 Å². The summed E-state index contributed by atoms with van der Waals surface area (Å²) in [7, 11) is 1.57. The number of hydrogen-bond acceptors (Lipinski definition) is 6. The number of hydrogen-bond donors (Lipinski definition) is 1. The number of rotatable bonds is 7. The zero-order chi connectivity index (χ0) is 23.4. The number of likely N-dealkylation sites (tertiary alicyclic amines) is 1. The Hall–Kier alpha value is -4.13. The normalized spacial score (nSPS) is 17.3. The molecule has 1 aromatic heterocycles. The van der Waals surface area contributed by atoms with Gasteiger partial charge < -0.3 is 19.5 Å². The summed E-state index contributed by atoms with van der Waals surface area (Å²) >= 11 is 0. The lowest BCUT2D eigenvalue weighted by Crippen LogP contribution is -2.29. The molecule has 2 heterocycles. The highest BCUT2D eigenvalue weighted by Gasteiger charge is 2.46. The lowest BCUT2D eigenvalue weighted by Gasteiger charge is -2.24. The van der Waals surface area contributed by atoms with Gasteiger partial charge in [0.2, 0.25) is 0 Å². The Bertz CT molecular complexity index is 1190. The molecule has 2 aromatic carbocycles. The summed E-state index contributed by atoms with van der Waals surface area (Å²) in [6, 6.07) is 18.5. The Morgan fingerprint density at radius 1 is 1.03 bits per heavy atom. The number of pyridine rings is 1. The van der Waals surface area contributed by atoms with Gasteiger partial charge in [-0.3, -0.25) is 14.6 Å². The zero-order valence-corrected chi connectivity index (χ0v) is 18.4. The number of ketones is 1. The van der Waals surface area contributed by atoms with Crippen LogP contribution in [0.1, 0.15) is 29.8 Å². The minimum atomic E-state index is -0.830. The third kappa shape index (κ3) is 4.43. The van der Waals surface area contributed by atoms with E-state index in [-0.39, 0.29) is 17.9 Å². The average molecular weight is 444 g/mol. The predicted octanol–water partition coefficient (Wildman–Crippen LogP) is 4.11. The van der Waals surface area contributed by atoms with Crippen molar-refractivity contribution in [2.24, 2.45) is 0 Å². The molecule has 3 aromatic rings. The standard InChI is InChI=1S/C26H24N2O5/c1-3-33-19-12-10-18(11-13-19)24(29)22-23(21-9-4-5-14-27-21)28(26(31)25(22)30)16-17-7-6-8-20(15-17)32-2/h4-15,23,29H,3,16H2,1-2H3/b24-22-. The van der Waals surface area contributed by atoms with E-state index in [2.05, 4.69) is 4.98 Å². The second kappa shape index (κ2) is 9.56. The number of amides is 1. The fourth-order valence-corrected chi connectivity index (χ4v) is 3.89. The van der Waals surface area contributed by atoms with Gasteiger partial charge in [-0.15, -0.1) is 0 Å². The molecule has 1 amide bonds. The van der Waals surface area contributed by atoms with Crippen molar-refractivity contribution >= 4 is 17.4 Å². The van der Waals surface area contributed by atoms with Gasteiger partial charge in [-0.1, -0.05) is 18.2 Å². The van der Waals surface area contributed by atoms with Crippen LogP contribution in [0, 0.1) is 0 Å². The summed E-state index contributed by atoms with van der Waals surface area (Å²) in [5.74, 6) is -0.400. The van der Waals surface area contributed by atoms with E-state index < -0.39 is 17.7 Å². The number of ether oxygens (including phenoxy) is 2. The van der Waals surface area contributed by atoms with Gasteiger partial charge in [0, 0.05) is 18.3 Å². The van der Waals surface area contributed by atoms with E-state index in [0.29, 0.717) is 29.4 Å². The SMILES string of the molecule is CCOc1ccc(/C(O)=C2/C(=O)C(=O)N(Cc3cccc(OC)c3)C2c2ccccn2)cc1. The highest BCUT2D eigenvalue weighted by molar-refractivity contribution is 6.46. The van der Waals surface area contributed by atoms with Crippen LogP contribution in [0.3, 0.4) is 0 Å². The molecule has 0 saturated carbocycles. The van der Waals surface area contributed by atoms with Crippen LogP contribution in [0.2, 0.25) is 0 Å². The lowest BCUT2D eigenvalue weighted by molar-refractivity contribution is -0.140. The van der Waals surface area contributed by atoms with Crippen LogP contribution in [-0.4, -0.2) is 40.4 Å². The van der Waals surface area contributed by atoms with E-state index in [1.54, 1.807) is 67.9 Å². The van der Waals surface area contributed by atoms with Crippen molar-refractivity contribution in [3.63, 3.8) is 0 Å². The minimum absolute atomic E-state index is 0.00533. The van der Waals surface area contributed by atoms with Gasteiger partial charge in [0.15, 0.2) is 0 Å². The molecule has 0 bridgehead atoms. The molecule has 33 heavy (non-hydrogen) atoms. The van der Waals surface area contributed by atoms with E-state index in [4.69, 9.17) is 9.47 Å². The van der Waals surface area contributed by atoms with Crippen molar-refractivity contribution in [1.82, 2.24) is 9.88 Å². The van der Waals surface area contributed by atoms with E-state index in [1.807, 2.05) is 19.1 Å². The maximum atomic E-state index is 13.1. The number of methoxy groups -OCH3 is 1. The molecule has 1 atom stereocenters. The summed E-state index contributed by atoms with van der Waals surface area (Å²) in [6.07, 6.45) is 1.60. The molecule has 7 heteroatoms. The summed E-state index contributed by atoms with van der Waals surface area (Å²) in [5.41, 5.74) is 1.70. The minimum Gasteiger partial charge on any atom is -0.507 e. The molecule has 1 saturated heterocycles. The fourth-order valence-electron chi connectivity index (χ4n) is 3.89. The van der Waals surface area contributed by atoms with E-state index >= 15 is 0 Å². The van der Waals surface area contributed by atoms with Crippen molar-refractivity contribution in [2.75, 3.05) is 13.7 Å². The van der Waals surface area contributed by atoms with Gasteiger partial charge in [0.25, 0.3) is 11.7 Å². The van der Waals surface area contributed by atoms with E-state index in [1.165, 1.54) is 4.90 Å². The summed E-state index contributed by atoms with van der Waals surface area (Å²) in [4.78, 5) is 32.0. The lowest BCUT2D eigenvalue weighted by atomic mass is 9.98. The molecule has 1 fully saturated rings. The van der Waals surface area contributed by atoms with Crippen LogP contribution in [-0.2, 0) is 16.1 Å². The second-order valence-electron chi connectivity index (χ2n) is 7.49. The molecule has 0 radical (unpaired) electrons. The van der Waals surface area contributed by atoms with Crippen LogP contribution >= 0.6 is 0 Å². The number of aromatic nitrogens is 1. The second-order valence-corrected chi connectivity index (χ2v) is 7.49. The molecule has 1 aliphatic rings. The van der Waals surface area contributed by atoms with Crippen molar-refractivity contribution < 1.29 is 24.2 Å². The summed E-state index contributed by atoms with van der Waals surface area (Å²) in [6.45, 7) is 2.55.